The van der Waals surface area contributed by atoms with Crippen LogP contribution in [-0.4, -0.2) is 59.4 Å². The van der Waals surface area contributed by atoms with E-state index in [4.69, 9.17) is 17.0 Å². The third kappa shape index (κ3) is 5.27. The molecule has 2 heterocycles. The van der Waals surface area contributed by atoms with Crippen molar-refractivity contribution in [1.29, 1.82) is 0 Å². The van der Waals surface area contributed by atoms with E-state index >= 15 is 0 Å². The summed E-state index contributed by atoms with van der Waals surface area (Å²) in [6.07, 6.45) is 4.94. The van der Waals surface area contributed by atoms with Gasteiger partial charge in [-0.3, -0.25) is 14.6 Å². The van der Waals surface area contributed by atoms with E-state index in [0.29, 0.717) is 15.8 Å². The monoisotopic (exact) mass is 388 g/mol. The molecule has 1 amide bonds. The number of thioether (sulfide) groups is 1. The van der Waals surface area contributed by atoms with Crippen LogP contribution in [0.15, 0.2) is 46.9 Å². The molecule has 3 rings (SSSR count). The fourth-order valence-electron chi connectivity index (χ4n) is 3.03. The summed E-state index contributed by atoms with van der Waals surface area (Å²) >= 11 is 6.82. The summed E-state index contributed by atoms with van der Waals surface area (Å²) in [4.78, 5) is 17.5. The fraction of sp³-hybridized carbons (Fsp3) is 0.400. The van der Waals surface area contributed by atoms with Gasteiger partial charge in [-0.25, -0.2) is 0 Å². The third-order valence-electron chi connectivity index (χ3n) is 4.39. The zero-order valence-electron chi connectivity index (χ0n) is 15.0. The van der Waals surface area contributed by atoms with Gasteiger partial charge in [0.25, 0.3) is 5.91 Å². The second kappa shape index (κ2) is 9.46. The van der Waals surface area contributed by atoms with Crippen LogP contribution < -0.4 is 0 Å². The van der Waals surface area contributed by atoms with Crippen molar-refractivity contribution >= 4 is 40.3 Å². The summed E-state index contributed by atoms with van der Waals surface area (Å²) in [7, 11) is 0. The Morgan fingerprint density at radius 1 is 1.23 bits per heavy atom. The lowest BCUT2D eigenvalue weighted by Crippen LogP contribution is -2.38. The van der Waals surface area contributed by atoms with Crippen LogP contribution in [0.3, 0.4) is 0 Å². The number of thiocarbonyl (C=S) groups is 1. The molecule has 0 saturated carbocycles. The van der Waals surface area contributed by atoms with Gasteiger partial charge in [0.1, 0.15) is 4.32 Å². The van der Waals surface area contributed by atoms with E-state index in [0.717, 1.165) is 50.4 Å². The Hall–Kier alpha value is -1.47. The van der Waals surface area contributed by atoms with Crippen molar-refractivity contribution < 1.29 is 9.53 Å². The van der Waals surface area contributed by atoms with Crippen molar-refractivity contribution in [3.8, 4) is 0 Å². The van der Waals surface area contributed by atoms with Gasteiger partial charge < -0.3 is 4.74 Å². The molecule has 26 heavy (non-hydrogen) atoms. The first-order valence-electron chi connectivity index (χ1n) is 8.92. The summed E-state index contributed by atoms with van der Waals surface area (Å²) in [6, 6.07) is 10.1. The molecule has 0 bridgehead atoms. The maximum atomic E-state index is 12.7. The highest BCUT2D eigenvalue weighted by atomic mass is 32.2. The Morgan fingerprint density at radius 2 is 1.96 bits per heavy atom. The number of benzene rings is 1. The minimum absolute atomic E-state index is 0.0304. The van der Waals surface area contributed by atoms with E-state index in [9.17, 15) is 4.79 Å². The molecule has 138 valence electrons. The van der Waals surface area contributed by atoms with Gasteiger partial charge >= 0.3 is 0 Å². The molecule has 0 aliphatic carbocycles. The molecule has 4 nitrogen and oxygen atoms in total. The van der Waals surface area contributed by atoms with Crippen molar-refractivity contribution in [3.63, 3.8) is 0 Å². The number of hydrogen-bond donors (Lipinski definition) is 0. The largest absolute Gasteiger partial charge is 0.379 e. The quantitative estimate of drug-likeness (QED) is 0.550. The predicted molar refractivity (Wildman–Crippen MR) is 112 cm³/mol. The highest BCUT2D eigenvalue weighted by molar-refractivity contribution is 8.26. The smallest absolute Gasteiger partial charge is 0.266 e. The highest BCUT2D eigenvalue weighted by Gasteiger charge is 2.31. The second-order valence-corrected chi connectivity index (χ2v) is 8.12. The molecule has 0 aromatic heterocycles. The summed E-state index contributed by atoms with van der Waals surface area (Å²) in [5.74, 6) is 0.0304. The lowest BCUT2D eigenvalue weighted by molar-refractivity contribution is -0.122. The van der Waals surface area contributed by atoms with Gasteiger partial charge in [-0.1, -0.05) is 60.4 Å². The van der Waals surface area contributed by atoms with Crippen molar-refractivity contribution in [2.24, 2.45) is 0 Å². The Bertz CT molecular complexity index is 710. The molecule has 6 heteroatoms. The SMILES string of the molecule is CC(=C/c1ccccc1)/C=C1/SC(=S)N(CCCN2CCOCC2)C1=O. The summed E-state index contributed by atoms with van der Waals surface area (Å²) in [5.41, 5.74) is 2.17. The lowest BCUT2D eigenvalue weighted by Gasteiger charge is -2.27. The van der Waals surface area contributed by atoms with Gasteiger partial charge in [-0.05, 0) is 30.6 Å². The molecule has 1 aromatic rings. The predicted octanol–water partition coefficient (Wildman–Crippen LogP) is 3.56. The highest BCUT2D eigenvalue weighted by Crippen LogP contribution is 2.32. The van der Waals surface area contributed by atoms with E-state index in [-0.39, 0.29) is 5.91 Å². The van der Waals surface area contributed by atoms with Crippen LogP contribution in [0.25, 0.3) is 6.08 Å². The zero-order valence-corrected chi connectivity index (χ0v) is 16.7. The van der Waals surface area contributed by atoms with Crippen LogP contribution in [-0.2, 0) is 9.53 Å². The average Bonchev–Trinajstić information content (AvgIpc) is 2.90. The van der Waals surface area contributed by atoms with Crippen LogP contribution in [0.1, 0.15) is 18.9 Å². The van der Waals surface area contributed by atoms with Crippen molar-refractivity contribution in [1.82, 2.24) is 9.80 Å². The Labute approximate surface area is 164 Å². The lowest BCUT2D eigenvalue weighted by atomic mass is 10.1. The Kier molecular flexibility index (Phi) is 7.02. The Morgan fingerprint density at radius 3 is 2.69 bits per heavy atom. The molecule has 0 N–H and O–H groups in total. The molecule has 0 radical (unpaired) electrons. The van der Waals surface area contributed by atoms with Gasteiger partial charge in [-0.2, -0.15) is 0 Å². The molecule has 2 aliphatic rings. The summed E-state index contributed by atoms with van der Waals surface area (Å²) in [5, 5.41) is 0. The van der Waals surface area contributed by atoms with Crippen LogP contribution in [0.5, 0.6) is 0 Å². The van der Waals surface area contributed by atoms with Gasteiger partial charge in [0.05, 0.1) is 18.1 Å². The third-order valence-corrected chi connectivity index (χ3v) is 5.76. The second-order valence-electron chi connectivity index (χ2n) is 6.44. The van der Waals surface area contributed by atoms with E-state index in [2.05, 4.69) is 11.0 Å². The molecule has 2 saturated heterocycles. The van der Waals surface area contributed by atoms with Gasteiger partial charge in [0, 0.05) is 26.2 Å². The molecule has 0 atom stereocenters. The first-order valence-corrected chi connectivity index (χ1v) is 10.1. The number of carbonyl (C=O) groups excluding carboxylic acids is 1. The van der Waals surface area contributed by atoms with Crippen LogP contribution >= 0.6 is 24.0 Å². The number of allylic oxidation sites excluding steroid dienone is 2. The topological polar surface area (TPSA) is 32.8 Å². The van der Waals surface area contributed by atoms with E-state index in [1.54, 1.807) is 4.90 Å². The maximum Gasteiger partial charge on any atom is 0.266 e. The number of amides is 1. The van der Waals surface area contributed by atoms with Crippen LogP contribution in [0.2, 0.25) is 0 Å². The fourth-order valence-corrected chi connectivity index (χ4v) is 4.39. The first kappa shape index (κ1) is 19.3. The minimum atomic E-state index is 0.0304. The van der Waals surface area contributed by atoms with Crippen LogP contribution in [0, 0.1) is 0 Å². The number of carbonyl (C=O) groups is 1. The number of rotatable bonds is 6. The minimum Gasteiger partial charge on any atom is -0.379 e. The Balaban J connectivity index is 1.56. The summed E-state index contributed by atoms with van der Waals surface area (Å²) in [6.45, 7) is 7.22. The van der Waals surface area contributed by atoms with Gasteiger partial charge in [0.15, 0.2) is 0 Å². The molecule has 0 unspecified atom stereocenters. The molecule has 2 aliphatic heterocycles. The van der Waals surface area contributed by atoms with E-state index in [1.807, 2.05) is 43.3 Å². The van der Waals surface area contributed by atoms with E-state index in [1.165, 1.54) is 11.8 Å². The van der Waals surface area contributed by atoms with Gasteiger partial charge in [0.2, 0.25) is 0 Å². The number of nitrogens with zero attached hydrogens (tertiary/aromatic N) is 2. The van der Waals surface area contributed by atoms with Crippen LogP contribution in [0.4, 0.5) is 0 Å². The molecule has 2 fully saturated rings. The normalized spacial score (nSPS) is 21.0. The first-order chi connectivity index (χ1) is 12.6. The van der Waals surface area contributed by atoms with Crippen molar-refractivity contribution in [3.05, 3.63) is 52.4 Å². The number of morpholine rings is 1. The van der Waals surface area contributed by atoms with Crippen molar-refractivity contribution in [2.45, 2.75) is 13.3 Å². The van der Waals surface area contributed by atoms with Crippen molar-refractivity contribution in [2.75, 3.05) is 39.4 Å². The van der Waals surface area contributed by atoms with Gasteiger partial charge in [-0.15, -0.1) is 0 Å². The molecule has 0 spiro atoms. The standard InChI is InChI=1S/C20H24N2O2S2/c1-16(14-17-6-3-2-4-7-17)15-18-19(23)22(20(25)26-18)9-5-8-21-10-12-24-13-11-21/h2-4,6-7,14-15H,5,8-13H2,1H3/b16-14-,18-15+. The molecular formula is C20H24N2O2S2. The molecule has 1 aromatic carbocycles. The average molecular weight is 389 g/mol. The zero-order chi connectivity index (χ0) is 18.4. The summed E-state index contributed by atoms with van der Waals surface area (Å²) < 4.78 is 6.03. The number of ether oxygens (including phenoxy) is 1. The molecular weight excluding hydrogens is 364 g/mol. The number of hydrogen-bond acceptors (Lipinski definition) is 5. The van der Waals surface area contributed by atoms with E-state index < -0.39 is 0 Å². The maximum absolute atomic E-state index is 12.7.